The quantitative estimate of drug-likeness (QED) is 0.890. The number of nitrogens with one attached hydrogen (secondary N) is 1. The van der Waals surface area contributed by atoms with Gasteiger partial charge in [0.2, 0.25) is 17.2 Å². The van der Waals surface area contributed by atoms with E-state index in [-0.39, 0.29) is 5.28 Å². The predicted octanol–water partition coefficient (Wildman–Crippen LogP) is 2.58. The molecule has 100 valence electrons. The number of hydrogen-bond donors (Lipinski definition) is 1. The summed E-state index contributed by atoms with van der Waals surface area (Å²) in [5.41, 5.74) is 0. The molecule has 0 amide bonds. The van der Waals surface area contributed by atoms with Gasteiger partial charge in [0.05, 0.1) is 0 Å². The van der Waals surface area contributed by atoms with Crippen LogP contribution in [0.15, 0.2) is 0 Å². The van der Waals surface area contributed by atoms with Crippen LogP contribution in [0.3, 0.4) is 0 Å². The molecule has 6 heteroatoms. The van der Waals surface area contributed by atoms with Crippen molar-refractivity contribution in [1.82, 2.24) is 15.0 Å². The van der Waals surface area contributed by atoms with Crippen LogP contribution in [0.5, 0.6) is 0 Å². The summed E-state index contributed by atoms with van der Waals surface area (Å²) in [5, 5.41) is 3.47. The first-order valence-corrected chi connectivity index (χ1v) is 6.93. The lowest BCUT2D eigenvalue weighted by molar-refractivity contribution is 0.605. The third-order valence-corrected chi connectivity index (χ3v) is 3.16. The molecule has 0 unspecified atom stereocenters. The summed E-state index contributed by atoms with van der Waals surface area (Å²) in [5.74, 6) is 1.94. The highest BCUT2D eigenvalue weighted by molar-refractivity contribution is 6.28. The van der Waals surface area contributed by atoms with Gasteiger partial charge in [-0.15, -0.1) is 0 Å². The first-order chi connectivity index (χ1) is 8.65. The normalized spacial score (nSPS) is 15.4. The van der Waals surface area contributed by atoms with Gasteiger partial charge in [-0.25, -0.2) is 0 Å². The molecule has 2 heterocycles. The Morgan fingerprint density at radius 3 is 2.61 bits per heavy atom. The van der Waals surface area contributed by atoms with Crippen LogP contribution in [0.2, 0.25) is 5.28 Å². The minimum Gasteiger partial charge on any atom is -0.354 e. The molecule has 2 rings (SSSR count). The highest BCUT2D eigenvalue weighted by atomic mass is 35.5. The van der Waals surface area contributed by atoms with Gasteiger partial charge in [-0.05, 0) is 36.8 Å². The van der Waals surface area contributed by atoms with Crippen molar-refractivity contribution < 1.29 is 0 Å². The van der Waals surface area contributed by atoms with Crippen LogP contribution in [0.25, 0.3) is 0 Å². The highest BCUT2D eigenvalue weighted by Crippen LogP contribution is 2.18. The molecule has 0 saturated carbocycles. The number of aromatic nitrogens is 3. The predicted molar refractivity (Wildman–Crippen MR) is 74.2 cm³/mol. The van der Waals surface area contributed by atoms with Gasteiger partial charge in [-0.1, -0.05) is 13.8 Å². The lowest BCUT2D eigenvalue weighted by atomic mass is 10.1. The number of anilines is 2. The Kier molecular flexibility index (Phi) is 4.58. The average Bonchev–Trinajstić information content (AvgIpc) is 2.81. The van der Waals surface area contributed by atoms with E-state index in [1.165, 1.54) is 12.8 Å². The van der Waals surface area contributed by atoms with Crippen molar-refractivity contribution >= 4 is 23.5 Å². The topological polar surface area (TPSA) is 53.9 Å². The van der Waals surface area contributed by atoms with Gasteiger partial charge in [0.15, 0.2) is 0 Å². The van der Waals surface area contributed by atoms with Gasteiger partial charge in [0.25, 0.3) is 0 Å². The van der Waals surface area contributed by atoms with Crippen molar-refractivity contribution in [2.24, 2.45) is 5.92 Å². The zero-order valence-corrected chi connectivity index (χ0v) is 11.7. The summed E-state index contributed by atoms with van der Waals surface area (Å²) < 4.78 is 0. The van der Waals surface area contributed by atoms with Gasteiger partial charge in [0, 0.05) is 19.6 Å². The largest absolute Gasteiger partial charge is 0.354 e. The molecular weight excluding hydrogens is 250 g/mol. The second-order valence-corrected chi connectivity index (χ2v) is 5.37. The minimum atomic E-state index is 0.263. The Balaban J connectivity index is 2.01. The van der Waals surface area contributed by atoms with Crippen molar-refractivity contribution in [3.8, 4) is 0 Å². The Morgan fingerprint density at radius 2 is 1.94 bits per heavy atom. The molecule has 5 nitrogen and oxygen atoms in total. The minimum absolute atomic E-state index is 0.263. The smallest absolute Gasteiger partial charge is 0.231 e. The molecule has 0 atom stereocenters. The van der Waals surface area contributed by atoms with Gasteiger partial charge in [-0.2, -0.15) is 15.0 Å². The molecule has 18 heavy (non-hydrogen) atoms. The Morgan fingerprint density at radius 1 is 1.22 bits per heavy atom. The molecule has 1 fully saturated rings. The van der Waals surface area contributed by atoms with E-state index in [0.717, 1.165) is 26.1 Å². The summed E-state index contributed by atoms with van der Waals surface area (Å²) >= 11 is 5.94. The Labute approximate surface area is 113 Å². The summed E-state index contributed by atoms with van der Waals surface area (Å²) in [4.78, 5) is 14.9. The molecule has 0 spiro atoms. The maximum absolute atomic E-state index is 5.94. The molecule has 0 radical (unpaired) electrons. The molecule has 1 N–H and O–H groups in total. The third-order valence-electron chi connectivity index (χ3n) is 2.99. The first kappa shape index (κ1) is 13.3. The lowest BCUT2D eigenvalue weighted by Crippen LogP contribution is -2.21. The fourth-order valence-corrected chi connectivity index (χ4v) is 2.11. The van der Waals surface area contributed by atoms with E-state index in [1.54, 1.807) is 0 Å². The number of nitrogens with zero attached hydrogens (tertiary/aromatic N) is 4. The average molecular weight is 270 g/mol. The SMILES string of the molecule is CC(C)CCNc1nc(Cl)nc(N2CCCC2)n1. The van der Waals surface area contributed by atoms with E-state index in [9.17, 15) is 0 Å². The maximum Gasteiger partial charge on any atom is 0.231 e. The molecule has 1 aliphatic rings. The van der Waals surface area contributed by atoms with Crippen LogP contribution in [0.1, 0.15) is 33.1 Å². The van der Waals surface area contributed by atoms with Gasteiger partial charge < -0.3 is 10.2 Å². The second kappa shape index (κ2) is 6.18. The van der Waals surface area contributed by atoms with Crippen molar-refractivity contribution in [3.63, 3.8) is 0 Å². The third kappa shape index (κ3) is 3.70. The lowest BCUT2D eigenvalue weighted by Gasteiger charge is -2.16. The van der Waals surface area contributed by atoms with E-state index >= 15 is 0 Å². The molecule has 1 aromatic heterocycles. The van der Waals surface area contributed by atoms with E-state index < -0.39 is 0 Å². The van der Waals surface area contributed by atoms with Gasteiger partial charge >= 0.3 is 0 Å². The summed E-state index contributed by atoms with van der Waals surface area (Å²) in [6.07, 6.45) is 3.47. The van der Waals surface area contributed by atoms with E-state index in [0.29, 0.717) is 17.8 Å². The van der Waals surface area contributed by atoms with E-state index in [4.69, 9.17) is 11.6 Å². The summed E-state index contributed by atoms with van der Waals surface area (Å²) in [7, 11) is 0. The van der Waals surface area contributed by atoms with Crippen molar-refractivity contribution in [2.75, 3.05) is 29.9 Å². The fraction of sp³-hybridized carbons (Fsp3) is 0.750. The Hall–Kier alpha value is -1.10. The van der Waals surface area contributed by atoms with E-state index in [1.807, 2.05) is 0 Å². The number of rotatable bonds is 5. The highest BCUT2D eigenvalue weighted by Gasteiger charge is 2.16. The molecule has 0 aliphatic carbocycles. The fourth-order valence-electron chi connectivity index (χ4n) is 1.95. The van der Waals surface area contributed by atoms with Crippen LogP contribution in [-0.4, -0.2) is 34.6 Å². The van der Waals surface area contributed by atoms with Crippen LogP contribution in [0.4, 0.5) is 11.9 Å². The standard InChI is InChI=1S/C12H20ClN5/c1-9(2)5-6-14-11-15-10(13)16-12(17-11)18-7-3-4-8-18/h9H,3-8H2,1-2H3,(H,14,15,16,17). The summed E-state index contributed by atoms with van der Waals surface area (Å²) in [6, 6.07) is 0. The zero-order chi connectivity index (χ0) is 13.0. The molecule has 1 aliphatic heterocycles. The van der Waals surface area contributed by atoms with Crippen LogP contribution < -0.4 is 10.2 Å². The molecule has 1 aromatic rings. The summed E-state index contributed by atoms with van der Waals surface area (Å²) in [6.45, 7) is 7.25. The molecular formula is C12H20ClN5. The van der Waals surface area contributed by atoms with Crippen LogP contribution in [-0.2, 0) is 0 Å². The molecule has 0 bridgehead atoms. The number of hydrogen-bond acceptors (Lipinski definition) is 5. The van der Waals surface area contributed by atoms with Gasteiger partial charge in [-0.3, -0.25) is 0 Å². The van der Waals surface area contributed by atoms with E-state index in [2.05, 4.69) is 39.0 Å². The zero-order valence-electron chi connectivity index (χ0n) is 11.0. The first-order valence-electron chi connectivity index (χ1n) is 6.55. The second-order valence-electron chi connectivity index (χ2n) is 5.03. The van der Waals surface area contributed by atoms with Gasteiger partial charge in [0.1, 0.15) is 0 Å². The van der Waals surface area contributed by atoms with Crippen LogP contribution in [0, 0.1) is 5.92 Å². The van der Waals surface area contributed by atoms with Crippen molar-refractivity contribution in [2.45, 2.75) is 33.1 Å². The van der Waals surface area contributed by atoms with Crippen molar-refractivity contribution in [3.05, 3.63) is 5.28 Å². The molecule has 1 saturated heterocycles. The maximum atomic E-state index is 5.94. The van der Waals surface area contributed by atoms with Crippen LogP contribution >= 0.6 is 11.6 Å². The number of halogens is 1. The molecule has 0 aromatic carbocycles. The van der Waals surface area contributed by atoms with Crippen molar-refractivity contribution in [1.29, 1.82) is 0 Å². The Bertz CT molecular complexity index is 390. The monoisotopic (exact) mass is 269 g/mol.